The van der Waals surface area contributed by atoms with Gasteiger partial charge in [-0.25, -0.2) is 0 Å². The number of hydrogen-bond donors (Lipinski definition) is 2. The zero-order chi connectivity index (χ0) is 15.5. The summed E-state index contributed by atoms with van der Waals surface area (Å²) in [4.78, 5) is 0. The predicted octanol–water partition coefficient (Wildman–Crippen LogP) is 3.96. The minimum absolute atomic E-state index is 0.657. The maximum Gasteiger partial charge on any atom is 0.0608 e. The lowest BCUT2D eigenvalue weighted by atomic mass is 10.1. The molecule has 2 rings (SSSR count). The van der Waals surface area contributed by atoms with Crippen LogP contribution in [-0.4, -0.2) is 21.8 Å². The van der Waals surface area contributed by atoms with Crippen LogP contribution in [0.5, 0.6) is 0 Å². The van der Waals surface area contributed by atoms with E-state index in [1.54, 1.807) is 0 Å². The highest BCUT2D eigenvalue weighted by molar-refractivity contribution is 6.31. The van der Waals surface area contributed by atoms with E-state index in [9.17, 15) is 5.11 Å². The molecule has 2 N–H and O–H groups in total. The standard InChI is InChI=1S/C17H25ClN2O/c1-4-8-19-11-13-12-20(9-7-17(2,3)21)16-10-14(18)5-6-15(13)16/h5-6,10,12,19,21H,4,7-9,11H2,1-3H3. The molecule has 3 nitrogen and oxygen atoms in total. The van der Waals surface area contributed by atoms with E-state index >= 15 is 0 Å². The Hall–Kier alpha value is -1.03. The van der Waals surface area contributed by atoms with Gasteiger partial charge in [-0.15, -0.1) is 0 Å². The van der Waals surface area contributed by atoms with E-state index in [1.165, 1.54) is 10.9 Å². The van der Waals surface area contributed by atoms with Crippen molar-refractivity contribution in [1.29, 1.82) is 0 Å². The average Bonchev–Trinajstić information content (AvgIpc) is 2.73. The highest BCUT2D eigenvalue weighted by Gasteiger charge is 2.14. The molecule has 0 unspecified atom stereocenters. The summed E-state index contributed by atoms with van der Waals surface area (Å²) in [6.07, 6.45) is 4.02. The predicted molar refractivity (Wildman–Crippen MR) is 89.9 cm³/mol. The highest BCUT2D eigenvalue weighted by atomic mass is 35.5. The Labute approximate surface area is 131 Å². The Bertz CT molecular complexity index is 599. The minimum atomic E-state index is -0.657. The lowest BCUT2D eigenvalue weighted by Gasteiger charge is -2.17. The number of hydrogen-bond acceptors (Lipinski definition) is 2. The first kappa shape index (κ1) is 16.3. The quantitative estimate of drug-likeness (QED) is 0.760. The van der Waals surface area contributed by atoms with Crippen LogP contribution >= 0.6 is 11.6 Å². The largest absolute Gasteiger partial charge is 0.390 e. The van der Waals surface area contributed by atoms with Crippen molar-refractivity contribution in [3.63, 3.8) is 0 Å². The third-order valence-corrected chi connectivity index (χ3v) is 3.87. The molecule has 0 aliphatic heterocycles. The summed E-state index contributed by atoms with van der Waals surface area (Å²) in [6.45, 7) is 8.52. The summed E-state index contributed by atoms with van der Waals surface area (Å²) in [5.41, 5.74) is 1.77. The van der Waals surface area contributed by atoms with Gasteiger partial charge in [0.05, 0.1) is 5.60 Å². The van der Waals surface area contributed by atoms with Gasteiger partial charge < -0.3 is 15.0 Å². The number of nitrogens with zero attached hydrogens (tertiary/aromatic N) is 1. The lowest BCUT2D eigenvalue weighted by Crippen LogP contribution is -2.20. The van der Waals surface area contributed by atoms with Gasteiger partial charge in [-0.2, -0.15) is 0 Å². The van der Waals surface area contributed by atoms with Crippen LogP contribution in [0.25, 0.3) is 10.9 Å². The first-order chi connectivity index (χ1) is 9.90. The molecule has 0 saturated carbocycles. The van der Waals surface area contributed by atoms with Crippen molar-refractivity contribution < 1.29 is 5.11 Å². The molecule has 1 aromatic carbocycles. The number of aliphatic hydroxyl groups is 1. The van der Waals surface area contributed by atoms with Gasteiger partial charge in [0.2, 0.25) is 0 Å². The van der Waals surface area contributed by atoms with Crippen LogP contribution < -0.4 is 5.32 Å². The Morgan fingerprint density at radius 3 is 2.76 bits per heavy atom. The topological polar surface area (TPSA) is 37.2 Å². The Morgan fingerprint density at radius 2 is 2.10 bits per heavy atom. The zero-order valence-corrected chi connectivity index (χ0v) is 13.9. The third kappa shape index (κ3) is 4.47. The van der Waals surface area contributed by atoms with E-state index in [0.717, 1.165) is 36.6 Å². The molecule has 0 aliphatic rings. The fourth-order valence-electron chi connectivity index (χ4n) is 2.46. The molecule has 0 fully saturated rings. The number of aryl methyl sites for hydroxylation is 1. The van der Waals surface area contributed by atoms with Gasteiger partial charge in [-0.05, 0) is 50.9 Å². The summed E-state index contributed by atoms with van der Waals surface area (Å²) in [7, 11) is 0. The van der Waals surface area contributed by atoms with Crippen LogP contribution in [0.2, 0.25) is 5.02 Å². The highest BCUT2D eigenvalue weighted by Crippen LogP contribution is 2.26. The number of nitrogens with one attached hydrogen (secondary N) is 1. The second-order valence-corrected chi connectivity index (χ2v) is 6.68. The molecule has 4 heteroatoms. The molecular formula is C17H25ClN2O. The van der Waals surface area contributed by atoms with Crippen LogP contribution in [0.1, 0.15) is 39.2 Å². The fraction of sp³-hybridized carbons (Fsp3) is 0.529. The number of fused-ring (bicyclic) bond motifs is 1. The van der Waals surface area contributed by atoms with Crippen molar-refractivity contribution in [2.24, 2.45) is 0 Å². The summed E-state index contributed by atoms with van der Waals surface area (Å²) >= 11 is 6.14. The molecule has 0 radical (unpaired) electrons. The van der Waals surface area contributed by atoms with E-state index in [2.05, 4.69) is 29.1 Å². The fourth-order valence-corrected chi connectivity index (χ4v) is 2.63. The van der Waals surface area contributed by atoms with Crippen LogP contribution in [0, 0.1) is 0 Å². The summed E-state index contributed by atoms with van der Waals surface area (Å²) in [5.74, 6) is 0. The zero-order valence-electron chi connectivity index (χ0n) is 13.1. The smallest absolute Gasteiger partial charge is 0.0608 e. The van der Waals surface area contributed by atoms with Gasteiger partial charge in [0.25, 0.3) is 0 Å². The van der Waals surface area contributed by atoms with E-state index in [0.29, 0.717) is 6.42 Å². The van der Waals surface area contributed by atoms with E-state index < -0.39 is 5.60 Å². The van der Waals surface area contributed by atoms with Crippen molar-refractivity contribution in [2.75, 3.05) is 6.54 Å². The van der Waals surface area contributed by atoms with Gasteiger partial charge in [-0.3, -0.25) is 0 Å². The Kier molecular flexibility index (Phi) is 5.31. The molecular weight excluding hydrogens is 284 g/mol. The molecule has 1 aromatic heterocycles. The second-order valence-electron chi connectivity index (χ2n) is 6.25. The SMILES string of the molecule is CCCNCc1cn(CCC(C)(C)O)c2cc(Cl)ccc12. The van der Waals surface area contributed by atoms with E-state index in [1.807, 2.05) is 26.0 Å². The summed E-state index contributed by atoms with van der Waals surface area (Å²) < 4.78 is 2.20. The molecule has 0 bridgehead atoms. The number of benzene rings is 1. The maximum absolute atomic E-state index is 9.93. The van der Waals surface area contributed by atoms with E-state index in [-0.39, 0.29) is 0 Å². The summed E-state index contributed by atoms with van der Waals surface area (Å²) in [6, 6.07) is 6.03. The molecule has 1 heterocycles. The number of halogens is 1. The lowest BCUT2D eigenvalue weighted by molar-refractivity contribution is 0.0666. The first-order valence-corrected chi connectivity index (χ1v) is 7.99. The molecule has 0 amide bonds. The molecule has 0 spiro atoms. The van der Waals surface area contributed by atoms with Crippen LogP contribution in [0.4, 0.5) is 0 Å². The van der Waals surface area contributed by atoms with Gasteiger partial charge >= 0.3 is 0 Å². The van der Waals surface area contributed by atoms with Crippen LogP contribution in [0.3, 0.4) is 0 Å². The van der Waals surface area contributed by atoms with Crippen LogP contribution in [-0.2, 0) is 13.1 Å². The average molecular weight is 309 g/mol. The van der Waals surface area contributed by atoms with Crippen molar-refractivity contribution >= 4 is 22.5 Å². The molecule has 0 saturated heterocycles. The first-order valence-electron chi connectivity index (χ1n) is 7.61. The normalized spacial score (nSPS) is 12.2. The van der Waals surface area contributed by atoms with Crippen LogP contribution in [0.15, 0.2) is 24.4 Å². The second kappa shape index (κ2) is 6.82. The molecule has 21 heavy (non-hydrogen) atoms. The van der Waals surface area contributed by atoms with Gasteiger partial charge in [0, 0.05) is 35.2 Å². The Balaban J connectivity index is 2.28. The number of aromatic nitrogens is 1. The van der Waals surface area contributed by atoms with Gasteiger partial charge in [0.15, 0.2) is 0 Å². The number of rotatable bonds is 7. The minimum Gasteiger partial charge on any atom is -0.390 e. The molecule has 0 atom stereocenters. The van der Waals surface area contributed by atoms with Crippen molar-refractivity contribution in [2.45, 2.75) is 52.3 Å². The van der Waals surface area contributed by atoms with Crippen molar-refractivity contribution in [3.8, 4) is 0 Å². The third-order valence-electron chi connectivity index (χ3n) is 3.63. The van der Waals surface area contributed by atoms with Gasteiger partial charge in [0.1, 0.15) is 0 Å². The molecule has 0 aliphatic carbocycles. The summed E-state index contributed by atoms with van der Waals surface area (Å²) in [5, 5.41) is 15.4. The van der Waals surface area contributed by atoms with Gasteiger partial charge in [-0.1, -0.05) is 24.6 Å². The Morgan fingerprint density at radius 1 is 1.33 bits per heavy atom. The molecule has 2 aromatic rings. The maximum atomic E-state index is 9.93. The van der Waals surface area contributed by atoms with E-state index in [4.69, 9.17) is 11.6 Å². The van der Waals surface area contributed by atoms with Crippen molar-refractivity contribution in [3.05, 3.63) is 35.0 Å². The molecule has 116 valence electrons. The van der Waals surface area contributed by atoms with Crippen molar-refractivity contribution in [1.82, 2.24) is 9.88 Å². The monoisotopic (exact) mass is 308 g/mol.